The van der Waals surface area contributed by atoms with Gasteiger partial charge in [-0.15, -0.1) is 0 Å². The lowest BCUT2D eigenvalue weighted by Crippen LogP contribution is -2.18. The minimum absolute atomic E-state index is 0.973. The minimum atomic E-state index is 0.973. The number of imidazole rings is 1. The van der Waals surface area contributed by atoms with Crippen molar-refractivity contribution in [1.29, 1.82) is 0 Å². The first-order valence-electron chi connectivity index (χ1n) is 7.87. The van der Waals surface area contributed by atoms with E-state index >= 15 is 0 Å². The Hall–Kier alpha value is -1.35. The van der Waals surface area contributed by atoms with Crippen LogP contribution in [0.1, 0.15) is 49.6 Å². The van der Waals surface area contributed by atoms with E-state index in [0.717, 1.165) is 36.4 Å². The van der Waals surface area contributed by atoms with E-state index in [-0.39, 0.29) is 0 Å². The van der Waals surface area contributed by atoms with Gasteiger partial charge in [0.1, 0.15) is 5.82 Å². The molecule has 0 bridgehead atoms. The predicted octanol–water partition coefficient (Wildman–Crippen LogP) is 3.89. The summed E-state index contributed by atoms with van der Waals surface area (Å²) in [5.74, 6) is 1.09. The molecule has 0 fully saturated rings. The highest BCUT2D eigenvalue weighted by atomic mass is 14.9. The fraction of sp³-hybridized carbons (Fsp3) is 0.588. The first-order valence-corrected chi connectivity index (χ1v) is 7.87. The van der Waals surface area contributed by atoms with Crippen molar-refractivity contribution >= 4 is 11.0 Å². The summed E-state index contributed by atoms with van der Waals surface area (Å²) in [4.78, 5) is 8.09. The maximum Gasteiger partial charge on any atom is 0.108 e. The third-order valence-corrected chi connectivity index (χ3v) is 3.89. The molecule has 0 unspecified atom stereocenters. The second-order valence-corrected chi connectivity index (χ2v) is 5.70. The number of fused-ring (bicyclic) bond motifs is 1. The summed E-state index contributed by atoms with van der Waals surface area (Å²) in [6, 6.07) is 4.36. The first kappa shape index (κ1) is 15.0. The SMILES string of the molecule is CCCCCCNCCc1nc2cc(C)c(C)cc2[nH]1. The third kappa shape index (κ3) is 4.07. The van der Waals surface area contributed by atoms with Crippen LogP contribution in [0.5, 0.6) is 0 Å². The van der Waals surface area contributed by atoms with E-state index in [9.17, 15) is 0 Å². The number of rotatable bonds is 8. The van der Waals surface area contributed by atoms with E-state index in [0.29, 0.717) is 0 Å². The number of aromatic nitrogens is 2. The lowest BCUT2D eigenvalue weighted by molar-refractivity contribution is 0.595. The minimum Gasteiger partial charge on any atom is -0.342 e. The second-order valence-electron chi connectivity index (χ2n) is 5.70. The van der Waals surface area contributed by atoms with Crippen molar-refractivity contribution in [3.63, 3.8) is 0 Å². The van der Waals surface area contributed by atoms with Crippen molar-refractivity contribution in [3.8, 4) is 0 Å². The van der Waals surface area contributed by atoms with Crippen LogP contribution in [0.3, 0.4) is 0 Å². The van der Waals surface area contributed by atoms with Gasteiger partial charge in [-0.05, 0) is 50.1 Å². The maximum atomic E-state index is 4.67. The van der Waals surface area contributed by atoms with Crippen LogP contribution >= 0.6 is 0 Å². The van der Waals surface area contributed by atoms with E-state index in [1.807, 2.05) is 0 Å². The van der Waals surface area contributed by atoms with E-state index in [4.69, 9.17) is 0 Å². The molecule has 0 saturated carbocycles. The molecule has 2 aromatic rings. The van der Waals surface area contributed by atoms with E-state index in [1.165, 1.54) is 36.8 Å². The van der Waals surface area contributed by atoms with Gasteiger partial charge in [0.05, 0.1) is 11.0 Å². The molecule has 0 aliphatic heterocycles. The molecule has 2 rings (SSSR count). The van der Waals surface area contributed by atoms with Gasteiger partial charge in [-0.25, -0.2) is 4.98 Å². The van der Waals surface area contributed by atoms with Crippen molar-refractivity contribution in [1.82, 2.24) is 15.3 Å². The quantitative estimate of drug-likeness (QED) is 0.716. The zero-order valence-electron chi connectivity index (χ0n) is 13.1. The highest BCUT2D eigenvalue weighted by Gasteiger charge is 2.04. The molecule has 2 N–H and O–H groups in total. The number of aromatic amines is 1. The first-order chi connectivity index (χ1) is 9.70. The van der Waals surface area contributed by atoms with E-state index in [1.54, 1.807) is 0 Å². The summed E-state index contributed by atoms with van der Waals surface area (Å²) in [6.07, 6.45) is 6.25. The van der Waals surface area contributed by atoms with Crippen LogP contribution in [-0.4, -0.2) is 23.1 Å². The summed E-state index contributed by atoms with van der Waals surface area (Å²) in [7, 11) is 0. The molecule has 0 spiro atoms. The van der Waals surface area contributed by atoms with Crippen molar-refractivity contribution in [2.45, 2.75) is 52.9 Å². The highest BCUT2D eigenvalue weighted by Crippen LogP contribution is 2.17. The van der Waals surface area contributed by atoms with Gasteiger partial charge >= 0.3 is 0 Å². The molecule has 110 valence electrons. The summed E-state index contributed by atoms with van der Waals surface area (Å²) >= 11 is 0. The number of hydrogen-bond donors (Lipinski definition) is 2. The number of unbranched alkanes of at least 4 members (excludes halogenated alkanes) is 3. The Balaban J connectivity index is 1.79. The average Bonchev–Trinajstić information content (AvgIpc) is 2.80. The highest BCUT2D eigenvalue weighted by molar-refractivity contribution is 5.77. The van der Waals surface area contributed by atoms with Gasteiger partial charge in [-0.1, -0.05) is 26.2 Å². The predicted molar refractivity (Wildman–Crippen MR) is 86.3 cm³/mol. The Kier molecular flexibility index (Phi) is 5.60. The molecule has 0 saturated heterocycles. The van der Waals surface area contributed by atoms with Crippen LogP contribution in [0.4, 0.5) is 0 Å². The molecule has 3 nitrogen and oxygen atoms in total. The van der Waals surface area contributed by atoms with Crippen molar-refractivity contribution in [2.75, 3.05) is 13.1 Å². The fourth-order valence-corrected chi connectivity index (χ4v) is 2.45. The molecule has 0 aliphatic rings. The summed E-state index contributed by atoms with van der Waals surface area (Å²) in [5, 5.41) is 3.50. The molecular formula is C17H27N3. The molecule has 0 radical (unpaired) electrons. The second kappa shape index (κ2) is 7.44. The largest absolute Gasteiger partial charge is 0.342 e. The fourth-order valence-electron chi connectivity index (χ4n) is 2.45. The summed E-state index contributed by atoms with van der Waals surface area (Å²) in [6.45, 7) is 8.66. The Morgan fingerprint density at radius 3 is 2.65 bits per heavy atom. The topological polar surface area (TPSA) is 40.7 Å². The maximum absolute atomic E-state index is 4.67. The van der Waals surface area contributed by atoms with Crippen molar-refractivity contribution in [3.05, 3.63) is 29.1 Å². The van der Waals surface area contributed by atoms with Gasteiger partial charge < -0.3 is 10.3 Å². The van der Waals surface area contributed by atoms with Gasteiger partial charge in [0, 0.05) is 13.0 Å². The van der Waals surface area contributed by atoms with Gasteiger partial charge in [-0.3, -0.25) is 0 Å². The van der Waals surface area contributed by atoms with Crippen LogP contribution in [0.15, 0.2) is 12.1 Å². The van der Waals surface area contributed by atoms with Crippen LogP contribution < -0.4 is 5.32 Å². The molecule has 0 aliphatic carbocycles. The van der Waals surface area contributed by atoms with Crippen LogP contribution in [0, 0.1) is 13.8 Å². The number of nitrogens with one attached hydrogen (secondary N) is 2. The van der Waals surface area contributed by atoms with E-state index in [2.05, 4.69) is 48.2 Å². The Morgan fingerprint density at radius 2 is 1.85 bits per heavy atom. The summed E-state index contributed by atoms with van der Waals surface area (Å²) in [5.41, 5.74) is 4.88. The zero-order valence-corrected chi connectivity index (χ0v) is 13.1. The third-order valence-electron chi connectivity index (χ3n) is 3.89. The lowest BCUT2D eigenvalue weighted by atomic mass is 10.1. The molecule has 20 heavy (non-hydrogen) atoms. The lowest BCUT2D eigenvalue weighted by Gasteiger charge is -2.02. The molecular weight excluding hydrogens is 246 g/mol. The van der Waals surface area contributed by atoms with Gasteiger partial charge in [0.15, 0.2) is 0 Å². The van der Waals surface area contributed by atoms with E-state index < -0.39 is 0 Å². The number of hydrogen-bond acceptors (Lipinski definition) is 2. The normalized spacial score (nSPS) is 11.3. The zero-order chi connectivity index (χ0) is 14.4. The molecule has 0 atom stereocenters. The molecule has 1 heterocycles. The Labute approximate surface area is 122 Å². The number of benzene rings is 1. The van der Waals surface area contributed by atoms with Crippen molar-refractivity contribution in [2.24, 2.45) is 0 Å². The average molecular weight is 273 g/mol. The van der Waals surface area contributed by atoms with Crippen LogP contribution in [-0.2, 0) is 6.42 Å². The number of H-pyrrole nitrogens is 1. The van der Waals surface area contributed by atoms with Crippen LogP contribution in [0.25, 0.3) is 11.0 Å². The van der Waals surface area contributed by atoms with Crippen LogP contribution in [0.2, 0.25) is 0 Å². The number of nitrogens with zero attached hydrogens (tertiary/aromatic N) is 1. The van der Waals surface area contributed by atoms with Gasteiger partial charge in [0.2, 0.25) is 0 Å². The monoisotopic (exact) mass is 273 g/mol. The van der Waals surface area contributed by atoms with Gasteiger partial charge in [-0.2, -0.15) is 0 Å². The molecule has 3 heteroatoms. The Morgan fingerprint density at radius 1 is 1.05 bits per heavy atom. The smallest absolute Gasteiger partial charge is 0.108 e. The standard InChI is InChI=1S/C17H27N3/c1-4-5-6-7-9-18-10-8-17-19-15-11-13(2)14(3)12-16(15)20-17/h11-12,18H,4-10H2,1-3H3,(H,19,20). The van der Waals surface area contributed by atoms with Gasteiger partial charge in [0.25, 0.3) is 0 Å². The Bertz CT molecular complexity index is 503. The molecule has 1 aromatic carbocycles. The molecule has 0 amide bonds. The number of aryl methyl sites for hydroxylation is 2. The summed E-state index contributed by atoms with van der Waals surface area (Å²) < 4.78 is 0. The van der Waals surface area contributed by atoms with Crippen molar-refractivity contribution < 1.29 is 0 Å². The molecule has 1 aromatic heterocycles.